The number of nitrogens with one attached hydrogen (secondary N) is 1. The van der Waals surface area contributed by atoms with Crippen molar-refractivity contribution in [3.05, 3.63) is 58.1 Å². The van der Waals surface area contributed by atoms with E-state index in [1.165, 1.54) is 5.56 Å². The van der Waals surface area contributed by atoms with Crippen molar-refractivity contribution in [2.45, 2.75) is 19.5 Å². The number of rotatable bonds is 4. The summed E-state index contributed by atoms with van der Waals surface area (Å²) in [5.41, 5.74) is 2.45. The van der Waals surface area contributed by atoms with Crippen molar-refractivity contribution >= 4 is 15.9 Å². The highest BCUT2D eigenvalue weighted by Gasteiger charge is 2.16. The maximum atomic E-state index is 5.41. The molecule has 104 valence electrons. The van der Waals surface area contributed by atoms with Crippen molar-refractivity contribution in [3.8, 4) is 11.5 Å². The smallest absolute Gasteiger partial charge is 0.231 e. The zero-order valence-corrected chi connectivity index (χ0v) is 12.8. The summed E-state index contributed by atoms with van der Waals surface area (Å²) in [6.07, 6.45) is 0. The highest BCUT2D eigenvalue weighted by molar-refractivity contribution is 9.10. The van der Waals surface area contributed by atoms with Crippen LogP contribution in [0.3, 0.4) is 0 Å². The largest absolute Gasteiger partial charge is 0.454 e. The summed E-state index contributed by atoms with van der Waals surface area (Å²) in [6.45, 7) is 3.24. The molecule has 4 heteroatoms. The molecular formula is C16H16BrNO2. The summed E-state index contributed by atoms with van der Waals surface area (Å²) in [4.78, 5) is 0. The molecule has 1 atom stereocenters. The van der Waals surface area contributed by atoms with Crippen LogP contribution >= 0.6 is 15.9 Å². The Balaban J connectivity index is 1.70. The fraction of sp³-hybridized carbons (Fsp3) is 0.250. The minimum absolute atomic E-state index is 0.300. The molecule has 0 bridgehead atoms. The van der Waals surface area contributed by atoms with E-state index in [9.17, 15) is 0 Å². The summed E-state index contributed by atoms with van der Waals surface area (Å²) in [7, 11) is 0. The van der Waals surface area contributed by atoms with E-state index in [1.54, 1.807) is 0 Å². The van der Waals surface area contributed by atoms with Crippen molar-refractivity contribution in [3.63, 3.8) is 0 Å². The van der Waals surface area contributed by atoms with Crippen molar-refractivity contribution < 1.29 is 9.47 Å². The molecule has 3 nitrogen and oxygen atoms in total. The minimum Gasteiger partial charge on any atom is -0.454 e. The lowest BCUT2D eigenvalue weighted by molar-refractivity contribution is 0.174. The summed E-state index contributed by atoms with van der Waals surface area (Å²) in [5, 5.41) is 3.52. The monoisotopic (exact) mass is 333 g/mol. The first kappa shape index (κ1) is 13.5. The van der Waals surface area contributed by atoms with Crippen molar-refractivity contribution in [2.24, 2.45) is 0 Å². The van der Waals surface area contributed by atoms with Gasteiger partial charge in [0.2, 0.25) is 6.79 Å². The van der Waals surface area contributed by atoms with E-state index >= 15 is 0 Å². The molecule has 0 amide bonds. The maximum Gasteiger partial charge on any atom is 0.231 e. The van der Waals surface area contributed by atoms with Gasteiger partial charge in [0.1, 0.15) is 0 Å². The molecule has 3 rings (SSSR count). The Morgan fingerprint density at radius 1 is 1.15 bits per heavy atom. The standard InChI is InChI=1S/C16H16BrNO2/c1-11(12-5-3-2-4-6-12)18-9-13-7-15-16(8-14(13)17)20-10-19-15/h2-8,11,18H,9-10H2,1H3/t11-/m1/s1. The van der Waals surface area contributed by atoms with E-state index in [0.717, 1.165) is 28.1 Å². The molecule has 0 fully saturated rings. The fourth-order valence-electron chi connectivity index (χ4n) is 2.22. The number of halogens is 1. The van der Waals surface area contributed by atoms with E-state index in [2.05, 4.69) is 52.4 Å². The first-order valence-electron chi connectivity index (χ1n) is 6.60. The molecule has 0 aliphatic carbocycles. The fourth-order valence-corrected chi connectivity index (χ4v) is 2.68. The number of hydrogen-bond acceptors (Lipinski definition) is 3. The Morgan fingerprint density at radius 3 is 2.60 bits per heavy atom. The molecule has 0 spiro atoms. The van der Waals surface area contributed by atoms with Gasteiger partial charge in [-0.1, -0.05) is 46.3 Å². The highest BCUT2D eigenvalue weighted by Crippen LogP contribution is 2.37. The van der Waals surface area contributed by atoms with Crippen molar-refractivity contribution in [2.75, 3.05) is 6.79 Å². The van der Waals surface area contributed by atoms with Crippen LogP contribution in [0.4, 0.5) is 0 Å². The molecule has 0 unspecified atom stereocenters. The molecule has 2 aromatic carbocycles. The third-order valence-electron chi connectivity index (χ3n) is 3.44. The Morgan fingerprint density at radius 2 is 1.85 bits per heavy atom. The Hall–Kier alpha value is -1.52. The third-order valence-corrected chi connectivity index (χ3v) is 4.18. The van der Waals surface area contributed by atoms with Crippen LogP contribution in [0.25, 0.3) is 0 Å². The Labute approximate surface area is 127 Å². The molecule has 1 aliphatic rings. The average molecular weight is 334 g/mol. The molecule has 2 aromatic rings. The van der Waals surface area contributed by atoms with Crippen LogP contribution in [-0.2, 0) is 6.54 Å². The maximum absolute atomic E-state index is 5.41. The molecule has 0 saturated heterocycles. The lowest BCUT2D eigenvalue weighted by Crippen LogP contribution is -2.18. The molecule has 0 aromatic heterocycles. The van der Waals surface area contributed by atoms with Crippen molar-refractivity contribution in [1.82, 2.24) is 5.32 Å². The zero-order chi connectivity index (χ0) is 13.9. The van der Waals surface area contributed by atoms with Crippen LogP contribution in [-0.4, -0.2) is 6.79 Å². The molecule has 1 aliphatic heterocycles. The first-order valence-corrected chi connectivity index (χ1v) is 7.39. The van der Waals surface area contributed by atoms with Gasteiger partial charge >= 0.3 is 0 Å². The van der Waals surface area contributed by atoms with Gasteiger partial charge in [-0.2, -0.15) is 0 Å². The molecule has 1 N–H and O–H groups in total. The predicted octanol–water partition coefficient (Wildman–Crippen LogP) is 4.03. The van der Waals surface area contributed by atoms with Crippen LogP contribution in [0.1, 0.15) is 24.1 Å². The molecule has 1 heterocycles. The SMILES string of the molecule is C[C@@H](NCc1cc2c(cc1Br)OCO2)c1ccccc1. The van der Waals surface area contributed by atoms with Gasteiger partial charge in [0, 0.05) is 17.1 Å². The second-order valence-corrected chi connectivity index (χ2v) is 5.66. The Bertz CT molecular complexity index is 601. The Kier molecular flexibility index (Phi) is 3.94. The van der Waals surface area contributed by atoms with E-state index < -0.39 is 0 Å². The van der Waals surface area contributed by atoms with E-state index in [4.69, 9.17) is 9.47 Å². The van der Waals surface area contributed by atoms with Crippen LogP contribution in [0, 0.1) is 0 Å². The second-order valence-electron chi connectivity index (χ2n) is 4.81. The summed E-state index contributed by atoms with van der Waals surface area (Å²) >= 11 is 3.58. The number of benzene rings is 2. The van der Waals surface area contributed by atoms with E-state index in [1.807, 2.05) is 18.2 Å². The van der Waals surface area contributed by atoms with Crippen LogP contribution < -0.4 is 14.8 Å². The number of ether oxygens (including phenoxy) is 2. The minimum atomic E-state index is 0.300. The lowest BCUT2D eigenvalue weighted by Gasteiger charge is -2.15. The zero-order valence-electron chi connectivity index (χ0n) is 11.2. The van der Waals surface area contributed by atoms with Gasteiger partial charge in [-0.3, -0.25) is 0 Å². The summed E-state index contributed by atoms with van der Waals surface area (Å²) in [6, 6.07) is 14.7. The quantitative estimate of drug-likeness (QED) is 0.916. The molecule has 0 radical (unpaired) electrons. The summed E-state index contributed by atoms with van der Waals surface area (Å²) in [5.74, 6) is 1.62. The second kappa shape index (κ2) is 5.85. The highest BCUT2D eigenvalue weighted by atomic mass is 79.9. The molecule has 20 heavy (non-hydrogen) atoms. The van der Waals surface area contributed by atoms with Gasteiger partial charge in [0.05, 0.1) is 0 Å². The number of hydrogen-bond donors (Lipinski definition) is 1. The average Bonchev–Trinajstić information content (AvgIpc) is 2.92. The van der Waals surface area contributed by atoms with E-state index in [0.29, 0.717) is 12.8 Å². The van der Waals surface area contributed by atoms with Gasteiger partial charge in [0.15, 0.2) is 11.5 Å². The van der Waals surface area contributed by atoms with Crippen LogP contribution in [0.15, 0.2) is 46.9 Å². The predicted molar refractivity (Wildman–Crippen MR) is 82.0 cm³/mol. The number of fused-ring (bicyclic) bond motifs is 1. The first-order chi connectivity index (χ1) is 9.74. The van der Waals surface area contributed by atoms with Gasteiger partial charge < -0.3 is 14.8 Å². The third kappa shape index (κ3) is 2.81. The van der Waals surface area contributed by atoms with Gasteiger partial charge in [-0.05, 0) is 30.2 Å². The van der Waals surface area contributed by atoms with Gasteiger partial charge in [-0.25, -0.2) is 0 Å². The lowest BCUT2D eigenvalue weighted by atomic mass is 10.1. The summed E-state index contributed by atoms with van der Waals surface area (Å²) < 4.78 is 11.8. The normalized spacial score (nSPS) is 14.3. The molecular weight excluding hydrogens is 318 g/mol. The van der Waals surface area contributed by atoms with Gasteiger partial charge in [0.25, 0.3) is 0 Å². The van der Waals surface area contributed by atoms with Crippen LogP contribution in [0.5, 0.6) is 11.5 Å². The van der Waals surface area contributed by atoms with Crippen LogP contribution in [0.2, 0.25) is 0 Å². The van der Waals surface area contributed by atoms with E-state index in [-0.39, 0.29) is 0 Å². The van der Waals surface area contributed by atoms with Gasteiger partial charge in [-0.15, -0.1) is 0 Å². The topological polar surface area (TPSA) is 30.5 Å². The van der Waals surface area contributed by atoms with Crippen molar-refractivity contribution in [1.29, 1.82) is 0 Å². The molecule has 0 saturated carbocycles.